The van der Waals surface area contributed by atoms with E-state index >= 15 is 0 Å². The minimum Gasteiger partial charge on any atom is -0.329 e. The van der Waals surface area contributed by atoms with Crippen LogP contribution >= 0.6 is 0 Å². The van der Waals surface area contributed by atoms with Gasteiger partial charge in [0.15, 0.2) is 0 Å². The molecule has 0 radical (unpaired) electrons. The van der Waals surface area contributed by atoms with Crippen LogP contribution in [0.3, 0.4) is 0 Å². The Morgan fingerprint density at radius 2 is 1.58 bits per heavy atom. The number of hydrogen-bond donors (Lipinski definition) is 1. The summed E-state index contributed by atoms with van der Waals surface area (Å²) in [5.74, 6) is 0. The summed E-state index contributed by atoms with van der Waals surface area (Å²) in [4.78, 5) is 2.59. The van der Waals surface area contributed by atoms with Gasteiger partial charge in [-0.3, -0.25) is 4.90 Å². The molecule has 0 heterocycles. The quantitative estimate of drug-likeness (QED) is 0.565. The second-order valence-electron chi connectivity index (χ2n) is 6.40. The van der Waals surface area contributed by atoms with Gasteiger partial charge in [0, 0.05) is 18.6 Å². The lowest BCUT2D eigenvalue weighted by Crippen LogP contribution is -2.43. The van der Waals surface area contributed by atoms with Crippen molar-refractivity contribution in [3.8, 4) is 0 Å². The standard InChI is InChI=1S/C17H36N2/c1-3-4-5-6-7-8-9-14-17(15-18)19(2)16-12-10-11-13-16/h16-17H,3-15,18H2,1-2H3. The van der Waals surface area contributed by atoms with Crippen molar-refractivity contribution in [2.45, 2.75) is 96.1 Å². The van der Waals surface area contributed by atoms with E-state index in [0.717, 1.165) is 12.6 Å². The van der Waals surface area contributed by atoms with E-state index in [1.807, 2.05) is 0 Å². The first-order valence-electron chi connectivity index (χ1n) is 8.71. The summed E-state index contributed by atoms with van der Waals surface area (Å²) in [6, 6.07) is 1.44. The van der Waals surface area contributed by atoms with E-state index in [-0.39, 0.29) is 0 Å². The van der Waals surface area contributed by atoms with Gasteiger partial charge in [0.05, 0.1) is 0 Å². The van der Waals surface area contributed by atoms with Crippen LogP contribution in [0.5, 0.6) is 0 Å². The van der Waals surface area contributed by atoms with Crippen LogP contribution in [0.25, 0.3) is 0 Å². The number of likely N-dealkylation sites (N-methyl/N-ethyl adjacent to an activating group) is 1. The second-order valence-corrected chi connectivity index (χ2v) is 6.40. The SMILES string of the molecule is CCCCCCCCCC(CN)N(C)C1CCCC1. The van der Waals surface area contributed by atoms with Gasteiger partial charge in [0.2, 0.25) is 0 Å². The van der Waals surface area contributed by atoms with Gasteiger partial charge < -0.3 is 5.73 Å². The van der Waals surface area contributed by atoms with Crippen molar-refractivity contribution in [3.05, 3.63) is 0 Å². The third-order valence-corrected chi connectivity index (χ3v) is 4.89. The van der Waals surface area contributed by atoms with Crippen LogP contribution in [-0.4, -0.2) is 30.6 Å². The minimum atomic E-state index is 0.624. The normalized spacial score (nSPS) is 18.3. The molecule has 1 unspecified atom stereocenters. The largest absolute Gasteiger partial charge is 0.329 e. The van der Waals surface area contributed by atoms with Crippen LogP contribution in [-0.2, 0) is 0 Å². The zero-order valence-electron chi connectivity index (χ0n) is 13.4. The lowest BCUT2D eigenvalue weighted by atomic mass is 10.0. The maximum Gasteiger partial charge on any atom is 0.0218 e. The number of nitrogens with two attached hydrogens (primary N) is 1. The van der Waals surface area contributed by atoms with Gasteiger partial charge >= 0.3 is 0 Å². The molecule has 1 fully saturated rings. The molecule has 0 aromatic heterocycles. The highest BCUT2D eigenvalue weighted by Gasteiger charge is 2.24. The van der Waals surface area contributed by atoms with E-state index in [2.05, 4.69) is 18.9 Å². The Kier molecular flexibility index (Phi) is 9.54. The summed E-state index contributed by atoms with van der Waals surface area (Å²) in [7, 11) is 2.30. The molecule has 114 valence electrons. The Morgan fingerprint density at radius 1 is 1.00 bits per heavy atom. The predicted molar refractivity (Wildman–Crippen MR) is 85.5 cm³/mol. The summed E-state index contributed by atoms with van der Waals surface area (Å²) < 4.78 is 0. The monoisotopic (exact) mass is 268 g/mol. The summed E-state index contributed by atoms with van der Waals surface area (Å²) in [5.41, 5.74) is 5.98. The van der Waals surface area contributed by atoms with Crippen LogP contribution in [0.2, 0.25) is 0 Å². The number of hydrogen-bond acceptors (Lipinski definition) is 2. The highest BCUT2D eigenvalue weighted by Crippen LogP contribution is 2.25. The van der Waals surface area contributed by atoms with Crippen molar-refractivity contribution < 1.29 is 0 Å². The average molecular weight is 268 g/mol. The molecule has 1 aliphatic carbocycles. The van der Waals surface area contributed by atoms with Crippen LogP contribution in [0.15, 0.2) is 0 Å². The van der Waals surface area contributed by atoms with E-state index in [4.69, 9.17) is 5.73 Å². The molecule has 1 rings (SSSR count). The fraction of sp³-hybridized carbons (Fsp3) is 1.00. The molecular formula is C17H36N2. The lowest BCUT2D eigenvalue weighted by molar-refractivity contribution is 0.167. The summed E-state index contributed by atoms with van der Waals surface area (Å²) in [6.07, 6.45) is 16.7. The fourth-order valence-electron chi connectivity index (χ4n) is 3.43. The van der Waals surface area contributed by atoms with Gasteiger partial charge in [-0.15, -0.1) is 0 Å². The summed E-state index contributed by atoms with van der Waals surface area (Å²) in [6.45, 7) is 3.12. The van der Waals surface area contributed by atoms with E-state index in [1.54, 1.807) is 0 Å². The van der Waals surface area contributed by atoms with E-state index < -0.39 is 0 Å². The predicted octanol–water partition coefficient (Wildman–Crippen LogP) is 4.33. The Balaban J connectivity index is 2.07. The van der Waals surface area contributed by atoms with E-state index in [1.165, 1.54) is 77.0 Å². The molecule has 2 heteroatoms. The molecule has 1 saturated carbocycles. The summed E-state index contributed by atoms with van der Waals surface area (Å²) in [5, 5.41) is 0. The molecule has 2 N–H and O–H groups in total. The first-order chi connectivity index (χ1) is 9.29. The van der Waals surface area contributed by atoms with Gasteiger partial charge in [-0.25, -0.2) is 0 Å². The Bertz CT molecular complexity index is 199. The molecule has 19 heavy (non-hydrogen) atoms. The highest BCUT2D eigenvalue weighted by molar-refractivity contribution is 4.81. The van der Waals surface area contributed by atoms with Crippen LogP contribution in [0, 0.1) is 0 Å². The van der Waals surface area contributed by atoms with E-state index in [9.17, 15) is 0 Å². The second kappa shape index (κ2) is 10.7. The number of unbranched alkanes of at least 4 members (excludes halogenated alkanes) is 6. The van der Waals surface area contributed by atoms with Crippen molar-refractivity contribution in [2.75, 3.05) is 13.6 Å². The maximum absolute atomic E-state index is 5.98. The van der Waals surface area contributed by atoms with Crippen molar-refractivity contribution >= 4 is 0 Å². The molecule has 0 bridgehead atoms. The zero-order chi connectivity index (χ0) is 13.9. The highest BCUT2D eigenvalue weighted by atomic mass is 15.2. The molecule has 0 aliphatic heterocycles. The minimum absolute atomic E-state index is 0.624. The first-order valence-corrected chi connectivity index (χ1v) is 8.71. The third kappa shape index (κ3) is 6.76. The number of nitrogens with zero attached hydrogens (tertiary/aromatic N) is 1. The molecule has 2 nitrogen and oxygen atoms in total. The van der Waals surface area contributed by atoms with Gasteiger partial charge in [0.25, 0.3) is 0 Å². The maximum atomic E-state index is 5.98. The van der Waals surface area contributed by atoms with Gasteiger partial charge in [0.1, 0.15) is 0 Å². The molecule has 0 aromatic rings. The smallest absolute Gasteiger partial charge is 0.0218 e. The molecule has 1 aliphatic rings. The third-order valence-electron chi connectivity index (χ3n) is 4.89. The van der Waals surface area contributed by atoms with E-state index in [0.29, 0.717) is 6.04 Å². The average Bonchev–Trinajstić information content (AvgIpc) is 2.95. The van der Waals surface area contributed by atoms with Crippen molar-refractivity contribution in [1.29, 1.82) is 0 Å². The van der Waals surface area contributed by atoms with Crippen LogP contribution in [0.4, 0.5) is 0 Å². The topological polar surface area (TPSA) is 29.3 Å². The van der Waals surface area contributed by atoms with Gasteiger partial charge in [-0.05, 0) is 26.3 Å². The van der Waals surface area contributed by atoms with Gasteiger partial charge in [-0.2, -0.15) is 0 Å². The number of rotatable bonds is 11. The zero-order valence-corrected chi connectivity index (χ0v) is 13.4. The van der Waals surface area contributed by atoms with Crippen LogP contribution in [0.1, 0.15) is 84.0 Å². The molecular weight excluding hydrogens is 232 g/mol. The van der Waals surface area contributed by atoms with Crippen molar-refractivity contribution in [3.63, 3.8) is 0 Å². The molecule has 1 atom stereocenters. The van der Waals surface area contributed by atoms with Gasteiger partial charge in [-0.1, -0.05) is 64.7 Å². The molecule has 0 aromatic carbocycles. The first kappa shape index (κ1) is 17.0. The molecule has 0 spiro atoms. The molecule has 0 amide bonds. The van der Waals surface area contributed by atoms with Crippen LogP contribution < -0.4 is 5.73 Å². The van der Waals surface area contributed by atoms with Crippen molar-refractivity contribution in [2.24, 2.45) is 5.73 Å². The Hall–Kier alpha value is -0.0800. The molecule has 0 saturated heterocycles. The lowest BCUT2D eigenvalue weighted by Gasteiger charge is -2.32. The summed E-state index contributed by atoms with van der Waals surface area (Å²) >= 11 is 0. The Morgan fingerprint density at radius 3 is 2.16 bits per heavy atom. The Labute approximate surface area is 121 Å². The fourth-order valence-corrected chi connectivity index (χ4v) is 3.43. The van der Waals surface area contributed by atoms with Crippen molar-refractivity contribution in [1.82, 2.24) is 4.90 Å².